The highest BCUT2D eigenvalue weighted by atomic mass is 16.8. The molecule has 5 aliphatic rings. The van der Waals surface area contributed by atoms with Gasteiger partial charge in [0.25, 0.3) is 5.79 Å². The van der Waals surface area contributed by atoms with Crippen LogP contribution in [0.15, 0.2) is 0 Å². The number of carboxylic acid groups (broad SMARTS) is 1. The van der Waals surface area contributed by atoms with Crippen LogP contribution in [0.1, 0.15) is 227 Å². The molecule has 107 heavy (non-hydrogen) atoms. The fourth-order valence-electron chi connectivity index (χ4n) is 14.6. The minimum atomic E-state index is -3.40. The number of ether oxygens (including phenoxy) is 10. The van der Waals surface area contributed by atoms with Gasteiger partial charge in [-0.15, -0.1) is 0 Å². The molecule has 5 rings (SSSR count). The molecule has 5 fully saturated rings. The van der Waals surface area contributed by atoms with E-state index in [1.165, 1.54) is 96.8 Å². The zero-order valence-corrected chi connectivity index (χ0v) is 63.0. The second kappa shape index (κ2) is 49.8. The highest BCUT2D eigenvalue weighted by Crippen LogP contribution is 2.42. The van der Waals surface area contributed by atoms with Gasteiger partial charge in [-0.05, 0) is 19.8 Å². The number of aliphatic hydroxyl groups excluding tert-OH is 18. The third kappa shape index (κ3) is 29.0. The van der Waals surface area contributed by atoms with E-state index >= 15 is 0 Å². The summed E-state index contributed by atoms with van der Waals surface area (Å²) in [5.41, 5.74) is 0. The lowest BCUT2D eigenvalue weighted by Gasteiger charge is -2.52. The fourth-order valence-corrected chi connectivity index (χ4v) is 14.6. The van der Waals surface area contributed by atoms with Gasteiger partial charge in [0.1, 0.15) is 122 Å². The van der Waals surface area contributed by atoms with E-state index in [1.54, 1.807) is 0 Å². The monoisotopic (exact) mass is 1550 g/mol. The van der Waals surface area contributed by atoms with Gasteiger partial charge in [0, 0.05) is 13.3 Å². The number of unbranched alkanes of at least 4 members (excludes halogenated alkanes) is 26. The summed E-state index contributed by atoms with van der Waals surface area (Å²) in [6, 6.07) is -3.33. The van der Waals surface area contributed by atoms with Crippen LogP contribution in [0.5, 0.6) is 0 Å². The Kier molecular flexibility index (Phi) is 44.2. The highest BCUT2D eigenvalue weighted by Gasteiger charge is 2.62. The molecule has 0 aromatic heterocycles. The average molecular weight is 1550 g/mol. The van der Waals surface area contributed by atoms with Crippen molar-refractivity contribution < 1.29 is 159 Å². The average Bonchev–Trinajstić information content (AvgIpc) is 1.15. The maximum absolute atomic E-state index is 13.8. The number of carbonyl (C=O) groups excluding carboxylic acids is 2. The number of carboxylic acids is 1. The molecule has 5 aliphatic heterocycles. The third-order valence-corrected chi connectivity index (χ3v) is 21.1. The largest absolute Gasteiger partial charge is 0.477 e. The first kappa shape index (κ1) is 94.9. The van der Waals surface area contributed by atoms with Crippen LogP contribution in [0, 0.1) is 0 Å². The van der Waals surface area contributed by atoms with Crippen molar-refractivity contribution in [3.8, 4) is 0 Å². The summed E-state index contributed by atoms with van der Waals surface area (Å²) in [6.07, 6.45) is -23.2. The van der Waals surface area contributed by atoms with E-state index in [0.717, 1.165) is 84.0 Å². The van der Waals surface area contributed by atoms with Crippen molar-refractivity contribution in [3.63, 3.8) is 0 Å². The van der Waals surface area contributed by atoms with Crippen molar-refractivity contribution in [3.05, 3.63) is 0 Å². The maximum atomic E-state index is 13.8. The van der Waals surface area contributed by atoms with Gasteiger partial charge in [0.2, 0.25) is 11.8 Å². The number of carbonyl (C=O) groups is 3. The van der Waals surface area contributed by atoms with E-state index in [0.29, 0.717) is 12.8 Å². The van der Waals surface area contributed by atoms with Crippen LogP contribution < -0.4 is 10.6 Å². The zero-order valence-electron chi connectivity index (χ0n) is 63.0. The van der Waals surface area contributed by atoms with Crippen LogP contribution in [-0.2, 0) is 61.8 Å². The Morgan fingerprint density at radius 2 is 0.897 bits per heavy atom. The number of nitrogens with one attached hydrogen (secondary N) is 2. The smallest absolute Gasteiger partial charge is 0.364 e. The van der Waals surface area contributed by atoms with Crippen LogP contribution >= 0.6 is 0 Å². The van der Waals surface area contributed by atoms with E-state index in [1.807, 2.05) is 0 Å². The van der Waals surface area contributed by atoms with Crippen molar-refractivity contribution in [2.75, 3.05) is 33.0 Å². The summed E-state index contributed by atoms with van der Waals surface area (Å²) in [5.74, 6) is -7.37. The van der Waals surface area contributed by atoms with Gasteiger partial charge in [0.05, 0.1) is 63.4 Å². The predicted molar refractivity (Wildman–Crippen MR) is 377 cm³/mol. The predicted octanol–water partition coefficient (Wildman–Crippen LogP) is -1.21. The lowest BCUT2D eigenvalue weighted by Crippen LogP contribution is -2.72. The molecular weight excluding hydrogens is 1420 g/mol. The molecule has 0 aromatic rings. The molecule has 30 atom stereocenters. The van der Waals surface area contributed by atoms with Gasteiger partial charge in [-0.1, -0.05) is 194 Å². The van der Waals surface area contributed by atoms with Gasteiger partial charge >= 0.3 is 5.97 Å². The van der Waals surface area contributed by atoms with E-state index in [2.05, 4.69) is 24.5 Å². The topological polar surface area (TPSA) is 552 Å². The van der Waals surface area contributed by atoms with Crippen molar-refractivity contribution in [1.29, 1.82) is 0 Å². The van der Waals surface area contributed by atoms with Gasteiger partial charge in [-0.2, -0.15) is 0 Å². The number of rotatable bonds is 54. The van der Waals surface area contributed by atoms with Gasteiger partial charge < -0.3 is 155 Å². The van der Waals surface area contributed by atoms with Crippen LogP contribution in [0.25, 0.3) is 0 Å². The number of hydrogen-bond acceptors (Lipinski definition) is 31. The van der Waals surface area contributed by atoms with Crippen LogP contribution in [0.2, 0.25) is 0 Å². The molecule has 0 aliphatic carbocycles. The molecule has 0 bridgehead atoms. The minimum absolute atomic E-state index is 0.0923. The van der Waals surface area contributed by atoms with Crippen LogP contribution in [0.3, 0.4) is 0 Å². The van der Waals surface area contributed by atoms with E-state index in [9.17, 15) is 111 Å². The van der Waals surface area contributed by atoms with Gasteiger partial charge in [0.15, 0.2) is 25.2 Å². The third-order valence-electron chi connectivity index (χ3n) is 21.1. The number of aliphatic carboxylic acids is 1. The highest BCUT2D eigenvalue weighted by molar-refractivity contribution is 5.80. The van der Waals surface area contributed by atoms with Crippen molar-refractivity contribution in [2.45, 2.75) is 410 Å². The minimum Gasteiger partial charge on any atom is -0.477 e. The second-order valence-corrected chi connectivity index (χ2v) is 29.9. The Morgan fingerprint density at radius 3 is 1.34 bits per heavy atom. The number of amides is 2. The second-order valence-electron chi connectivity index (χ2n) is 29.9. The van der Waals surface area contributed by atoms with Crippen molar-refractivity contribution in [2.24, 2.45) is 0 Å². The van der Waals surface area contributed by atoms with Crippen molar-refractivity contribution in [1.82, 2.24) is 10.6 Å². The first-order valence-electron chi connectivity index (χ1n) is 39.5. The molecule has 0 spiro atoms. The Morgan fingerprint density at radius 1 is 0.477 bits per heavy atom. The molecule has 5 heterocycles. The van der Waals surface area contributed by atoms with Crippen LogP contribution in [-0.4, -0.2) is 331 Å². The molecule has 0 radical (unpaired) electrons. The summed E-state index contributed by atoms with van der Waals surface area (Å²) < 4.78 is 58.3. The lowest BCUT2D eigenvalue weighted by molar-refractivity contribution is -0.393. The molecule has 0 unspecified atom stereocenters. The summed E-state index contributed by atoms with van der Waals surface area (Å²) in [7, 11) is 0. The summed E-state index contributed by atoms with van der Waals surface area (Å²) in [5, 5.41) is 216. The standard InChI is InChI=1S/C73H134N2O32/c1-5-7-9-11-13-15-17-18-19-20-21-22-23-24-26-28-30-32-34-45(83)67(95)75-43(52(85)44(82)33-31-29-27-25-16-14-12-10-8-6-2)40-98-68-58(91)56(89)63(49(38-78)101-68)105-71-61(94)66(54(87)48(37-77)100-71)107-73(72(96)97)35-47(51(74-42(4)81)65(106-73)53(86)46(84)36-76)99-69-60(93)57(90)64(50(39-79)102-69)104-70-59(92)55(88)62(103-70)41(3)80/h41,43-66,68-71,76-80,82-94H,5-40H2,1-4H3,(H,74,81)(H,75,95)(H,96,97)/t41-,43+,44-,45-,46-,47+,48-,49-,50-,51-,52+,53-,54+,55+,56-,57-,58-,59+,60-,61-,62-,63-,64+,65-,66+,68-,69+,70+,71+,73+/m1/s1. The first-order valence-corrected chi connectivity index (χ1v) is 39.5. The zero-order chi connectivity index (χ0) is 78.9. The summed E-state index contributed by atoms with van der Waals surface area (Å²) in [6.45, 7) is 1.37. The Bertz CT molecular complexity index is 2410. The summed E-state index contributed by atoms with van der Waals surface area (Å²) >= 11 is 0. The quantitative estimate of drug-likeness (QED) is 0.0318. The molecule has 2 amide bonds. The molecule has 0 aromatic carbocycles. The maximum Gasteiger partial charge on any atom is 0.364 e. The molecule has 0 saturated carbocycles. The molecule has 5 saturated heterocycles. The normalized spacial score (nSPS) is 34.7. The van der Waals surface area contributed by atoms with Crippen LogP contribution in [0.4, 0.5) is 0 Å². The SMILES string of the molecule is CCCCCCCCCCCCCCCCCCCC[C@@H](O)C(=O)N[C@@H](CO[C@@H]1O[C@H](CO)[C@@H](O[C@@H]2O[C@H](CO)[C@H](O)[C@H](O[C@]3(C(=O)O)C[C@H](O[C@H]4O[C@H](CO)[C@H](O[C@@H]5O[C@H]([C@@H](C)O)[C@@H](O)[C@@H]5O)[C@H](O)[C@H]4O)[C@@H](NC(C)=O)[C@H]([C@H](O)[C@H](O)CO)O3)[C@H]2O)[C@H](O)[C@H]1O)[C@H](O)[C@H](O)CCCCCCCCCCCC. The molecular formula is C73H134N2O32. The fraction of sp³-hybridized carbons (Fsp3) is 0.959. The van der Waals surface area contributed by atoms with Crippen molar-refractivity contribution >= 4 is 17.8 Å². The van der Waals surface area contributed by atoms with E-state index < -0.39 is 241 Å². The molecule has 21 N–H and O–H groups in total. The Hall–Kier alpha value is -2.71. The molecule has 628 valence electrons. The number of hydrogen-bond donors (Lipinski definition) is 21. The van der Waals surface area contributed by atoms with Gasteiger partial charge in [-0.3, -0.25) is 9.59 Å². The Balaban J connectivity index is 1.28. The van der Waals surface area contributed by atoms with E-state index in [-0.39, 0.29) is 12.8 Å². The molecule has 34 nitrogen and oxygen atoms in total. The summed E-state index contributed by atoms with van der Waals surface area (Å²) in [4.78, 5) is 40.4. The van der Waals surface area contributed by atoms with Gasteiger partial charge in [-0.25, -0.2) is 4.79 Å². The number of aliphatic hydroxyl groups is 18. The molecule has 34 heteroatoms. The Labute approximate surface area is 628 Å². The first-order chi connectivity index (χ1) is 51.1. The lowest BCUT2D eigenvalue weighted by atomic mass is 9.87. The van der Waals surface area contributed by atoms with E-state index in [4.69, 9.17) is 47.4 Å².